The van der Waals surface area contributed by atoms with Gasteiger partial charge in [0.25, 0.3) is 0 Å². The first-order valence-corrected chi connectivity index (χ1v) is 6.39. The summed E-state index contributed by atoms with van der Waals surface area (Å²) < 4.78 is 5.34. The topological polar surface area (TPSA) is 48.1 Å². The number of anilines is 1. The molecule has 0 atom stereocenters. The standard InChI is InChI=1S/C14H12N2OS/c1-17-10-7-8-16-14-11(10)12(15)13(18-14)9-5-3-2-4-6-9/h2-8H,15H2,1H3. The zero-order valence-electron chi connectivity index (χ0n) is 9.88. The van der Waals surface area contributed by atoms with Gasteiger partial charge in [0.05, 0.1) is 23.1 Å². The smallest absolute Gasteiger partial charge is 0.132 e. The molecule has 1 aromatic carbocycles. The molecule has 2 N–H and O–H groups in total. The fourth-order valence-electron chi connectivity index (χ4n) is 1.99. The molecule has 3 rings (SSSR count). The lowest BCUT2D eigenvalue weighted by Gasteiger charge is -2.02. The van der Waals surface area contributed by atoms with E-state index in [-0.39, 0.29) is 0 Å². The first-order chi connectivity index (χ1) is 8.81. The zero-order chi connectivity index (χ0) is 12.5. The van der Waals surface area contributed by atoms with Crippen molar-refractivity contribution < 1.29 is 4.74 Å². The van der Waals surface area contributed by atoms with E-state index in [4.69, 9.17) is 10.5 Å². The Kier molecular flexibility index (Phi) is 2.64. The number of nitrogen functional groups attached to an aromatic ring is 1. The Morgan fingerprint density at radius 1 is 1.17 bits per heavy atom. The van der Waals surface area contributed by atoms with Gasteiger partial charge in [0.1, 0.15) is 10.6 Å². The fraction of sp³-hybridized carbons (Fsp3) is 0.0714. The van der Waals surface area contributed by atoms with Gasteiger partial charge in [-0.15, -0.1) is 11.3 Å². The molecule has 18 heavy (non-hydrogen) atoms. The predicted octanol–water partition coefficient (Wildman–Crippen LogP) is 3.55. The molecule has 0 aliphatic rings. The highest BCUT2D eigenvalue weighted by Gasteiger charge is 2.15. The molecule has 4 heteroatoms. The summed E-state index contributed by atoms with van der Waals surface area (Å²) in [5.41, 5.74) is 8.09. The van der Waals surface area contributed by atoms with Crippen molar-refractivity contribution in [1.29, 1.82) is 0 Å². The van der Waals surface area contributed by atoms with E-state index in [1.807, 2.05) is 36.4 Å². The number of nitrogens with zero attached hydrogens (tertiary/aromatic N) is 1. The van der Waals surface area contributed by atoms with E-state index in [0.717, 1.165) is 32.1 Å². The van der Waals surface area contributed by atoms with Crippen LogP contribution < -0.4 is 10.5 Å². The summed E-state index contributed by atoms with van der Waals surface area (Å²) in [7, 11) is 1.65. The number of aromatic nitrogens is 1. The maximum Gasteiger partial charge on any atom is 0.132 e. The van der Waals surface area contributed by atoms with E-state index in [2.05, 4.69) is 4.98 Å². The van der Waals surface area contributed by atoms with Crippen LogP contribution >= 0.6 is 11.3 Å². The van der Waals surface area contributed by atoms with Gasteiger partial charge in [-0.05, 0) is 11.6 Å². The highest BCUT2D eigenvalue weighted by molar-refractivity contribution is 7.22. The molecule has 0 saturated heterocycles. The summed E-state index contributed by atoms with van der Waals surface area (Å²) in [5.74, 6) is 0.774. The molecule has 2 aromatic heterocycles. The molecule has 0 unspecified atom stereocenters. The average Bonchev–Trinajstić information content (AvgIpc) is 2.77. The van der Waals surface area contributed by atoms with E-state index in [1.54, 1.807) is 24.6 Å². The molecule has 3 aromatic rings. The van der Waals surface area contributed by atoms with Gasteiger partial charge in [0.2, 0.25) is 0 Å². The molecule has 0 aliphatic heterocycles. The van der Waals surface area contributed by atoms with Crippen LogP contribution in [-0.4, -0.2) is 12.1 Å². The molecular weight excluding hydrogens is 244 g/mol. The molecule has 90 valence electrons. The van der Waals surface area contributed by atoms with Gasteiger partial charge in [0, 0.05) is 6.20 Å². The highest BCUT2D eigenvalue weighted by atomic mass is 32.1. The molecule has 0 spiro atoms. The summed E-state index contributed by atoms with van der Waals surface area (Å²) in [6.45, 7) is 0. The van der Waals surface area contributed by atoms with Crippen LogP contribution in [0.25, 0.3) is 20.7 Å². The van der Waals surface area contributed by atoms with Crippen molar-refractivity contribution in [2.45, 2.75) is 0 Å². The number of nitrogens with two attached hydrogens (primary N) is 1. The minimum atomic E-state index is 0.742. The summed E-state index contributed by atoms with van der Waals surface area (Å²) in [5, 5.41) is 0.906. The third-order valence-electron chi connectivity index (χ3n) is 2.85. The van der Waals surface area contributed by atoms with Gasteiger partial charge in [-0.3, -0.25) is 0 Å². The van der Waals surface area contributed by atoms with Gasteiger partial charge < -0.3 is 10.5 Å². The Labute approximate surface area is 109 Å². The van der Waals surface area contributed by atoms with Crippen molar-refractivity contribution in [3.8, 4) is 16.2 Å². The first kappa shape index (κ1) is 11.0. The van der Waals surface area contributed by atoms with Crippen molar-refractivity contribution in [2.24, 2.45) is 0 Å². The van der Waals surface area contributed by atoms with Crippen LogP contribution in [0, 0.1) is 0 Å². The maximum absolute atomic E-state index is 6.24. The summed E-state index contributed by atoms with van der Waals surface area (Å²) in [6.07, 6.45) is 1.74. The van der Waals surface area contributed by atoms with E-state index < -0.39 is 0 Å². The number of ether oxygens (including phenoxy) is 1. The molecule has 2 heterocycles. The van der Waals surface area contributed by atoms with Gasteiger partial charge in [-0.25, -0.2) is 4.98 Å². The van der Waals surface area contributed by atoms with E-state index in [0.29, 0.717) is 0 Å². The largest absolute Gasteiger partial charge is 0.496 e. The Morgan fingerprint density at radius 2 is 1.94 bits per heavy atom. The van der Waals surface area contributed by atoms with Crippen LogP contribution in [0.3, 0.4) is 0 Å². The summed E-state index contributed by atoms with van der Waals surface area (Å²) in [4.78, 5) is 6.31. The number of thiophene rings is 1. The molecular formula is C14H12N2OS. The number of fused-ring (bicyclic) bond motifs is 1. The molecule has 0 bridgehead atoms. The van der Waals surface area contributed by atoms with E-state index in [1.165, 1.54) is 0 Å². The Morgan fingerprint density at radius 3 is 2.67 bits per heavy atom. The second-order valence-electron chi connectivity index (χ2n) is 3.90. The molecule has 3 nitrogen and oxygen atoms in total. The second-order valence-corrected chi connectivity index (χ2v) is 4.90. The van der Waals surface area contributed by atoms with Crippen molar-refractivity contribution in [2.75, 3.05) is 12.8 Å². The van der Waals surface area contributed by atoms with Gasteiger partial charge in [-0.1, -0.05) is 30.3 Å². The van der Waals surface area contributed by atoms with Crippen LogP contribution in [-0.2, 0) is 0 Å². The Balaban J connectivity index is 2.30. The zero-order valence-corrected chi connectivity index (χ0v) is 10.7. The third kappa shape index (κ3) is 1.62. The first-order valence-electron chi connectivity index (χ1n) is 5.57. The highest BCUT2D eigenvalue weighted by Crippen LogP contribution is 2.43. The quantitative estimate of drug-likeness (QED) is 0.762. The maximum atomic E-state index is 6.24. The molecule has 0 fully saturated rings. The molecule has 0 aliphatic carbocycles. The number of hydrogen-bond acceptors (Lipinski definition) is 4. The monoisotopic (exact) mass is 256 g/mol. The van der Waals surface area contributed by atoms with Gasteiger partial charge in [-0.2, -0.15) is 0 Å². The van der Waals surface area contributed by atoms with Crippen molar-refractivity contribution in [3.05, 3.63) is 42.6 Å². The van der Waals surface area contributed by atoms with E-state index >= 15 is 0 Å². The Hall–Kier alpha value is -2.07. The molecule has 0 radical (unpaired) electrons. The van der Waals surface area contributed by atoms with Crippen molar-refractivity contribution in [1.82, 2.24) is 4.98 Å². The van der Waals surface area contributed by atoms with Crippen LogP contribution in [0.4, 0.5) is 5.69 Å². The molecule has 0 amide bonds. The fourth-order valence-corrected chi connectivity index (χ4v) is 3.08. The SMILES string of the molecule is COc1ccnc2sc(-c3ccccc3)c(N)c12. The number of hydrogen-bond donors (Lipinski definition) is 1. The third-order valence-corrected chi connectivity index (χ3v) is 4.01. The van der Waals surface area contributed by atoms with Crippen molar-refractivity contribution >= 4 is 27.2 Å². The molecule has 0 saturated carbocycles. The minimum absolute atomic E-state index is 0.742. The van der Waals surface area contributed by atoms with Crippen molar-refractivity contribution in [3.63, 3.8) is 0 Å². The summed E-state index contributed by atoms with van der Waals surface area (Å²) >= 11 is 1.59. The minimum Gasteiger partial charge on any atom is -0.496 e. The van der Waals surface area contributed by atoms with Gasteiger partial charge in [0.15, 0.2) is 0 Å². The van der Waals surface area contributed by atoms with Crippen LogP contribution in [0.1, 0.15) is 0 Å². The lowest BCUT2D eigenvalue weighted by Crippen LogP contribution is -1.89. The normalized spacial score (nSPS) is 10.7. The number of benzene rings is 1. The van der Waals surface area contributed by atoms with Gasteiger partial charge >= 0.3 is 0 Å². The number of pyridine rings is 1. The van der Waals surface area contributed by atoms with Crippen LogP contribution in [0.5, 0.6) is 5.75 Å². The predicted molar refractivity (Wildman–Crippen MR) is 76.0 cm³/mol. The summed E-state index contributed by atoms with van der Waals surface area (Å²) in [6, 6.07) is 11.9. The number of methoxy groups -OCH3 is 1. The lowest BCUT2D eigenvalue weighted by atomic mass is 10.1. The lowest BCUT2D eigenvalue weighted by molar-refractivity contribution is 0.419. The van der Waals surface area contributed by atoms with E-state index in [9.17, 15) is 0 Å². The Bertz CT molecular complexity index is 692. The van der Waals surface area contributed by atoms with Crippen LogP contribution in [0.2, 0.25) is 0 Å². The second kappa shape index (κ2) is 4.31. The van der Waals surface area contributed by atoms with Crippen LogP contribution in [0.15, 0.2) is 42.6 Å². The number of rotatable bonds is 2. The average molecular weight is 256 g/mol.